The van der Waals surface area contributed by atoms with Crippen LogP contribution in [0.4, 0.5) is 0 Å². The SMILES string of the molecule is CS(=O)NCCNC=O. The molecule has 1 unspecified atom stereocenters. The van der Waals surface area contributed by atoms with Crippen molar-refractivity contribution in [3.63, 3.8) is 0 Å². The Bertz CT molecular complexity index is 107. The quantitative estimate of drug-likeness (QED) is 0.375. The van der Waals surface area contributed by atoms with Crippen LogP contribution in [-0.2, 0) is 15.8 Å². The largest absolute Gasteiger partial charge is 0.357 e. The van der Waals surface area contributed by atoms with E-state index in [-0.39, 0.29) is 0 Å². The molecule has 0 aromatic carbocycles. The average Bonchev–Trinajstić information content (AvgIpc) is 1.80. The Morgan fingerprint density at radius 1 is 1.56 bits per heavy atom. The van der Waals surface area contributed by atoms with Gasteiger partial charge in [-0.15, -0.1) is 0 Å². The second-order valence-corrected chi connectivity index (χ2v) is 2.62. The Labute approximate surface area is 56.6 Å². The van der Waals surface area contributed by atoms with Gasteiger partial charge in [0.05, 0.1) is 11.0 Å². The van der Waals surface area contributed by atoms with Crippen LogP contribution in [0.5, 0.6) is 0 Å². The van der Waals surface area contributed by atoms with Gasteiger partial charge in [0.1, 0.15) is 0 Å². The van der Waals surface area contributed by atoms with Gasteiger partial charge in [-0.25, -0.2) is 8.93 Å². The topological polar surface area (TPSA) is 58.2 Å². The Balaban J connectivity index is 2.91. The maximum atomic E-state index is 10.3. The lowest BCUT2D eigenvalue weighted by atomic mass is 10.7. The van der Waals surface area contributed by atoms with Gasteiger partial charge in [-0.2, -0.15) is 0 Å². The molecule has 0 fully saturated rings. The van der Waals surface area contributed by atoms with Crippen molar-refractivity contribution in [3.05, 3.63) is 0 Å². The smallest absolute Gasteiger partial charge is 0.207 e. The number of carbonyl (C=O) groups is 1. The van der Waals surface area contributed by atoms with Crippen LogP contribution < -0.4 is 10.0 Å². The highest BCUT2D eigenvalue weighted by Crippen LogP contribution is 1.60. The summed E-state index contributed by atoms with van der Waals surface area (Å²) >= 11 is 0. The highest BCUT2D eigenvalue weighted by molar-refractivity contribution is 7.82. The fourth-order valence-electron chi connectivity index (χ4n) is 0.326. The standard InChI is InChI=1S/C4H10N2O2S/c1-9(8)6-3-2-5-4-7/h4,6H,2-3H2,1H3,(H,5,7). The van der Waals surface area contributed by atoms with E-state index >= 15 is 0 Å². The molecule has 4 nitrogen and oxygen atoms in total. The molecule has 0 aromatic rings. The summed E-state index contributed by atoms with van der Waals surface area (Å²) in [5.41, 5.74) is 0. The monoisotopic (exact) mass is 150 g/mol. The molecule has 0 rings (SSSR count). The van der Waals surface area contributed by atoms with E-state index in [1.54, 1.807) is 6.26 Å². The average molecular weight is 150 g/mol. The molecule has 1 atom stereocenters. The van der Waals surface area contributed by atoms with E-state index in [0.29, 0.717) is 19.5 Å². The molecule has 9 heavy (non-hydrogen) atoms. The number of hydrogen-bond donors (Lipinski definition) is 2. The van der Waals surface area contributed by atoms with Crippen LogP contribution in [0.2, 0.25) is 0 Å². The predicted octanol–water partition coefficient (Wildman–Crippen LogP) is -1.38. The van der Waals surface area contributed by atoms with Crippen LogP contribution in [0.25, 0.3) is 0 Å². The third kappa shape index (κ3) is 7.58. The minimum Gasteiger partial charge on any atom is -0.357 e. The van der Waals surface area contributed by atoms with Crippen LogP contribution >= 0.6 is 0 Å². The van der Waals surface area contributed by atoms with Crippen LogP contribution in [0, 0.1) is 0 Å². The summed E-state index contributed by atoms with van der Waals surface area (Å²) in [7, 11) is -0.975. The first-order valence-electron chi connectivity index (χ1n) is 2.51. The molecule has 5 heteroatoms. The molecule has 0 aliphatic heterocycles. The Morgan fingerprint density at radius 3 is 2.67 bits per heavy atom. The number of carbonyl (C=O) groups excluding carboxylic acids is 1. The van der Waals surface area contributed by atoms with Crippen LogP contribution in [0.3, 0.4) is 0 Å². The third-order valence-electron chi connectivity index (χ3n) is 0.658. The Morgan fingerprint density at radius 2 is 2.22 bits per heavy atom. The number of amides is 1. The summed E-state index contributed by atoms with van der Waals surface area (Å²) in [6.07, 6.45) is 2.15. The summed E-state index contributed by atoms with van der Waals surface area (Å²) in [6, 6.07) is 0. The van der Waals surface area contributed by atoms with Crippen molar-refractivity contribution >= 4 is 17.4 Å². The number of nitrogens with one attached hydrogen (secondary N) is 2. The molecule has 0 heterocycles. The van der Waals surface area contributed by atoms with Crippen molar-refractivity contribution in [2.24, 2.45) is 0 Å². The fraction of sp³-hybridized carbons (Fsp3) is 0.750. The lowest BCUT2D eigenvalue weighted by Gasteiger charge is -1.97. The zero-order chi connectivity index (χ0) is 7.11. The maximum Gasteiger partial charge on any atom is 0.207 e. The normalized spacial score (nSPS) is 12.6. The molecule has 0 aliphatic carbocycles. The Hall–Kier alpha value is -0.420. The molecule has 0 saturated heterocycles. The molecule has 0 radical (unpaired) electrons. The van der Waals surface area contributed by atoms with Crippen LogP contribution in [0.15, 0.2) is 0 Å². The van der Waals surface area contributed by atoms with Crippen molar-refractivity contribution in [2.45, 2.75) is 0 Å². The molecule has 1 amide bonds. The van der Waals surface area contributed by atoms with Crippen molar-refractivity contribution in [3.8, 4) is 0 Å². The van der Waals surface area contributed by atoms with E-state index in [2.05, 4.69) is 10.0 Å². The van der Waals surface area contributed by atoms with Crippen molar-refractivity contribution in [1.82, 2.24) is 10.0 Å². The summed E-state index contributed by atoms with van der Waals surface area (Å²) < 4.78 is 12.9. The zero-order valence-electron chi connectivity index (χ0n) is 5.22. The number of hydrogen-bond acceptors (Lipinski definition) is 2. The minimum atomic E-state index is -0.975. The summed E-state index contributed by atoms with van der Waals surface area (Å²) in [6.45, 7) is 1.06. The van der Waals surface area contributed by atoms with E-state index in [9.17, 15) is 9.00 Å². The molecule has 0 saturated carbocycles. The molecular weight excluding hydrogens is 140 g/mol. The highest BCUT2D eigenvalue weighted by atomic mass is 32.2. The first kappa shape index (κ1) is 8.58. The summed E-state index contributed by atoms with van der Waals surface area (Å²) in [5.74, 6) is 0. The van der Waals surface area contributed by atoms with E-state index in [0.717, 1.165) is 0 Å². The van der Waals surface area contributed by atoms with Crippen molar-refractivity contribution in [1.29, 1.82) is 0 Å². The van der Waals surface area contributed by atoms with Gasteiger partial charge >= 0.3 is 0 Å². The first-order chi connectivity index (χ1) is 4.27. The van der Waals surface area contributed by atoms with Gasteiger partial charge in [-0.1, -0.05) is 0 Å². The first-order valence-corrected chi connectivity index (χ1v) is 4.07. The van der Waals surface area contributed by atoms with Gasteiger partial charge in [0, 0.05) is 19.3 Å². The van der Waals surface area contributed by atoms with Crippen molar-refractivity contribution < 1.29 is 9.00 Å². The van der Waals surface area contributed by atoms with E-state index in [1.165, 1.54) is 0 Å². The lowest BCUT2D eigenvalue weighted by Crippen LogP contribution is -2.27. The van der Waals surface area contributed by atoms with Gasteiger partial charge in [0.2, 0.25) is 6.41 Å². The molecule has 54 valence electrons. The van der Waals surface area contributed by atoms with Crippen molar-refractivity contribution in [2.75, 3.05) is 19.3 Å². The van der Waals surface area contributed by atoms with E-state index < -0.39 is 11.0 Å². The molecule has 2 N–H and O–H groups in total. The number of rotatable bonds is 5. The lowest BCUT2D eigenvalue weighted by molar-refractivity contribution is -0.109. The highest BCUT2D eigenvalue weighted by Gasteiger charge is 1.85. The maximum absolute atomic E-state index is 10.3. The molecule has 0 aromatic heterocycles. The zero-order valence-corrected chi connectivity index (χ0v) is 6.03. The Kier molecular flexibility index (Phi) is 5.45. The fourth-order valence-corrected chi connectivity index (χ4v) is 0.715. The second kappa shape index (κ2) is 5.71. The van der Waals surface area contributed by atoms with Gasteiger partial charge in [0.15, 0.2) is 0 Å². The molecule has 0 bridgehead atoms. The van der Waals surface area contributed by atoms with E-state index in [1.807, 2.05) is 0 Å². The predicted molar refractivity (Wildman–Crippen MR) is 36.1 cm³/mol. The molecular formula is C4H10N2O2S. The minimum absolute atomic E-state index is 0.517. The molecule has 0 aliphatic rings. The summed E-state index contributed by atoms with van der Waals surface area (Å²) in [4.78, 5) is 9.63. The van der Waals surface area contributed by atoms with Gasteiger partial charge in [-0.05, 0) is 0 Å². The molecule has 0 spiro atoms. The van der Waals surface area contributed by atoms with Crippen LogP contribution in [0.1, 0.15) is 0 Å². The van der Waals surface area contributed by atoms with E-state index in [4.69, 9.17) is 0 Å². The second-order valence-electron chi connectivity index (χ2n) is 1.42. The summed E-state index contributed by atoms with van der Waals surface area (Å²) in [5, 5.41) is 2.43. The van der Waals surface area contributed by atoms with Gasteiger partial charge in [-0.3, -0.25) is 4.79 Å². The van der Waals surface area contributed by atoms with Gasteiger partial charge in [0.25, 0.3) is 0 Å². The van der Waals surface area contributed by atoms with Gasteiger partial charge < -0.3 is 5.32 Å². The third-order valence-corrected chi connectivity index (χ3v) is 1.27. The van der Waals surface area contributed by atoms with Crippen LogP contribution in [-0.4, -0.2) is 30.0 Å².